The number of anilines is 3. The number of fused-ring (bicyclic) bond motifs is 16. The van der Waals surface area contributed by atoms with E-state index in [1.165, 1.54) is 91.6 Å². The van der Waals surface area contributed by atoms with Crippen LogP contribution in [0.15, 0.2) is 173 Å². The number of hydrogen-bond acceptors (Lipinski definition) is 4. The smallest absolute Gasteiger partial charge is 0.101 e. The summed E-state index contributed by atoms with van der Waals surface area (Å²) < 4.78 is 0. The summed E-state index contributed by atoms with van der Waals surface area (Å²) in [5.74, 6) is 0. The SMILES string of the molecule is CC1(C)c2ccccc2C2(c3ccccc31)c1cc(N3c4ccccc4Sc4ccccc43)sc1C1(c3ccccc3C(C)(C)c3ccccc31)c1ccsc12. The molecule has 2 spiro atoms. The Kier molecular flexibility index (Phi) is 6.64. The first-order valence-corrected chi connectivity index (χ1v) is 22.1. The van der Waals surface area contributed by atoms with Crippen molar-refractivity contribution in [2.75, 3.05) is 4.90 Å². The summed E-state index contributed by atoms with van der Waals surface area (Å²) in [6.07, 6.45) is 0. The fraction of sp³-hybridized carbons (Fsp3) is 0.154. The van der Waals surface area contributed by atoms with Crippen LogP contribution < -0.4 is 4.90 Å². The molecule has 3 heterocycles. The number of hydrogen-bond donors (Lipinski definition) is 0. The number of nitrogens with zero attached hydrogens (tertiary/aromatic N) is 1. The standard InChI is InChI=1S/C52H39NS3/c1-49(2)32-17-5-9-21-36(32)51(37-22-10-6-18-33(37)49)40-29-30-54-47(40)52(38-23-11-7-19-34(38)50(3,4)35-20-8-12-24-39(35)52)41-31-46(56-48(41)51)53-42-25-13-15-27-44(42)55-45-28-16-14-26-43(45)53/h5-31H,1-4H3. The predicted octanol–water partition coefficient (Wildman–Crippen LogP) is 14.1. The van der Waals surface area contributed by atoms with E-state index < -0.39 is 10.8 Å². The summed E-state index contributed by atoms with van der Waals surface area (Å²) in [5.41, 5.74) is 15.2. The molecule has 0 fully saturated rings. The average molecular weight is 774 g/mol. The Morgan fingerprint density at radius 1 is 0.393 bits per heavy atom. The van der Waals surface area contributed by atoms with E-state index in [-0.39, 0.29) is 10.8 Å². The van der Waals surface area contributed by atoms with Gasteiger partial charge in [0, 0.05) is 30.4 Å². The Balaban J connectivity index is 1.29. The Bertz CT molecular complexity index is 2650. The Morgan fingerprint density at radius 2 is 0.786 bits per heavy atom. The van der Waals surface area contributed by atoms with Crippen molar-refractivity contribution in [2.45, 2.75) is 59.1 Å². The van der Waals surface area contributed by atoms with E-state index in [1.54, 1.807) is 0 Å². The zero-order valence-electron chi connectivity index (χ0n) is 31.8. The van der Waals surface area contributed by atoms with Gasteiger partial charge in [0.1, 0.15) is 5.00 Å². The lowest BCUT2D eigenvalue weighted by atomic mass is 9.48. The minimum absolute atomic E-state index is 0.167. The van der Waals surface area contributed by atoms with Crippen molar-refractivity contribution < 1.29 is 0 Å². The van der Waals surface area contributed by atoms with Gasteiger partial charge in [0.05, 0.1) is 22.2 Å². The topological polar surface area (TPSA) is 3.24 Å². The number of benzene rings is 6. The minimum atomic E-state index is -0.512. The van der Waals surface area contributed by atoms with Crippen molar-refractivity contribution >= 4 is 50.8 Å². The Morgan fingerprint density at radius 3 is 1.25 bits per heavy atom. The summed E-state index contributed by atoms with van der Waals surface area (Å²) >= 11 is 5.83. The van der Waals surface area contributed by atoms with Crippen molar-refractivity contribution in [3.63, 3.8) is 0 Å². The molecule has 0 N–H and O–H groups in total. The lowest BCUT2D eigenvalue weighted by Crippen LogP contribution is -2.50. The maximum atomic E-state index is 2.62. The van der Waals surface area contributed by atoms with Gasteiger partial charge in [-0.25, -0.2) is 0 Å². The summed E-state index contributed by atoms with van der Waals surface area (Å²) in [4.78, 5) is 7.99. The molecule has 3 aliphatic carbocycles. The molecule has 2 aromatic heterocycles. The summed E-state index contributed by atoms with van der Waals surface area (Å²) in [7, 11) is 0. The van der Waals surface area contributed by atoms with E-state index in [0.29, 0.717) is 0 Å². The maximum Gasteiger partial charge on any atom is 0.101 e. The van der Waals surface area contributed by atoms with Gasteiger partial charge in [-0.2, -0.15) is 0 Å². The molecule has 0 bridgehead atoms. The monoisotopic (exact) mass is 773 g/mol. The summed E-state index contributed by atoms with van der Waals surface area (Å²) in [6, 6.07) is 60.5. The van der Waals surface area contributed by atoms with Crippen LogP contribution in [-0.4, -0.2) is 0 Å². The third-order valence-electron chi connectivity index (χ3n) is 13.5. The highest BCUT2D eigenvalue weighted by Crippen LogP contribution is 2.70. The van der Waals surface area contributed by atoms with Gasteiger partial charge in [-0.3, -0.25) is 4.90 Å². The van der Waals surface area contributed by atoms with Crippen molar-refractivity contribution in [3.8, 4) is 0 Å². The van der Waals surface area contributed by atoms with E-state index in [2.05, 4.69) is 196 Å². The molecule has 0 amide bonds. The van der Waals surface area contributed by atoms with E-state index >= 15 is 0 Å². The van der Waals surface area contributed by atoms with Gasteiger partial charge in [-0.1, -0.05) is 161 Å². The summed E-state index contributed by atoms with van der Waals surface area (Å²) in [5, 5.41) is 3.64. The number of para-hydroxylation sites is 2. The van der Waals surface area contributed by atoms with Crippen molar-refractivity contribution in [1.82, 2.24) is 0 Å². The second kappa shape index (κ2) is 11.3. The predicted molar refractivity (Wildman–Crippen MR) is 235 cm³/mol. The number of rotatable bonds is 1. The van der Waals surface area contributed by atoms with Gasteiger partial charge in [-0.05, 0) is 97.4 Å². The molecule has 0 atom stereocenters. The Labute approximate surface area is 341 Å². The molecule has 4 heteroatoms. The highest BCUT2D eigenvalue weighted by atomic mass is 32.2. The summed E-state index contributed by atoms with van der Waals surface area (Å²) in [6.45, 7) is 9.69. The second-order valence-corrected chi connectivity index (χ2v) is 19.8. The molecule has 1 aliphatic heterocycles. The van der Waals surface area contributed by atoms with Gasteiger partial charge in [0.15, 0.2) is 0 Å². The lowest BCUT2D eigenvalue weighted by molar-refractivity contribution is 0.522. The molecule has 8 aromatic rings. The molecule has 270 valence electrons. The number of thiophene rings is 2. The highest BCUT2D eigenvalue weighted by molar-refractivity contribution is 7.99. The quantitative estimate of drug-likeness (QED) is 0.163. The first kappa shape index (κ1) is 33.1. The first-order valence-electron chi connectivity index (χ1n) is 19.6. The molecule has 12 rings (SSSR count). The van der Waals surface area contributed by atoms with Gasteiger partial charge in [-0.15, -0.1) is 22.7 Å². The first-order chi connectivity index (χ1) is 27.3. The van der Waals surface area contributed by atoms with Crippen LogP contribution in [0.25, 0.3) is 0 Å². The van der Waals surface area contributed by atoms with Crippen LogP contribution in [0.3, 0.4) is 0 Å². The normalized spacial score (nSPS) is 17.8. The van der Waals surface area contributed by atoms with E-state index in [9.17, 15) is 0 Å². The zero-order chi connectivity index (χ0) is 37.6. The molecular weight excluding hydrogens is 735 g/mol. The third kappa shape index (κ3) is 3.84. The average Bonchev–Trinajstić information content (AvgIpc) is 3.91. The van der Waals surface area contributed by atoms with Crippen LogP contribution in [0.2, 0.25) is 0 Å². The molecule has 0 saturated heterocycles. The van der Waals surface area contributed by atoms with Crippen molar-refractivity contribution in [3.05, 3.63) is 228 Å². The van der Waals surface area contributed by atoms with Crippen LogP contribution in [0, 0.1) is 0 Å². The van der Waals surface area contributed by atoms with Gasteiger partial charge in [0.2, 0.25) is 0 Å². The minimum Gasteiger partial charge on any atom is -0.300 e. The van der Waals surface area contributed by atoms with E-state index in [4.69, 9.17) is 0 Å². The van der Waals surface area contributed by atoms with Crippen LogP contribution >= 0.6 is 34.4 Å². The van der Waals surface area contributed by atoms with Gasteiger partial charge in [0.25, 0.3) is 0 Å². The largest absolute Gasteiger partial charge is 0.300 e. The lowest BCUT2D eigenvalue weighted by Gasteiger charge is -2.55. The molecular formula is C52H39NS3. The van der Waals surface area contributed by atoms with Gasteiger partial charge < -0.3 is 0 Å². The highest BCUT2D eigenvalue weighted by Gasteiger charge is 2.62. The van der Waals surface area contributed by atoms with Crippen LogP contribution in [0.5, 0.6) is 0 Å². The van der Waals surface area contributed by atoms with Crippen LogP contribution in [0.4, 0.5) is 16.4 Å². The fourth-order valence-electron chi connectivity index (χ4n) is 11.2. The second-order valence-electron chi connectivity index (χ2n) is 16.8. The fourth-order valence-corrected chi connectivity index (χ4v) is 14.9. The molecule has 4 aliphatic rings. The molecule has 0 unspecified atom stereocenters. The van der Waals surface area contributed by atoms with E-state index in [0.717, 1.165) is 0 Å². The van der Waals surface area contributed by atoms with Crippen molar-refractivity contribution in [2.24, 2.45) is 0 Å². The zero-order valence-corrected chi connectivity index (χ0v) is 34.2. The van der Waals surface area contributed by atoms with Crippen LogP contribution in [0.1, 0.15) is 93.1 Å². The maximum absolute atomic E-state index is 2.62. The van der Waals surface area contributed by atoms with E-state index in [1.807, 2.05) is 34.4 Å². The Hall–Kier alpha value is -5.13. The molecule has 1 nitrogen and oxygen atoms in total. The van der Waals surface area contributed by atoms with Crippen molar-refractivity contribution in [1.29, 1.82) is 0 Å². The third-order valence-corrected chi connectivity index (χ3v) is 16.9. The molecule has 0 radical (unpaired) electrons. The molecule has 0 saturated carbocycles. The molecule has 56 heavy (non-hydrogen) atoms. The van der Waals surface area contributed by atoms with Crippen LogP contribution in [-0.2, 0) is 21.7 Å². The van der Waals surface area contributed by atoms with Gasteiger partial charge >= 0.3 is 0 Å². The molecule has 6 aromatic carbocycles.